The van der Waals surface area contributed by atoms with Crippen LogP contribution in [-0.4, -0.2) is 35.7 Å². The average molecular weight is 286 g/mol. The maximum atomic E-state index is 12.3. The number of amides is 2. The van der Waals surface area contributed by atoms with E-state index in [-0.39, 0.29) is 12.6 Å². The van der Waals surface area contributed by atoms with Gasteiger partial charge in [-0.2, -0.15) is 0 Å². The Morgan fingerprint density at radius 1 is 1.33 bits per heavy atom. The predicted molar refractivity (Wildman–Crippen MR) is 84.2 cm³/mol. The lowest BCUT2D eigenvalue weighted by atomic mass is 10.1. The first-order valence-corrected chi connectivity index (χ1v) is 7.47. The van der Waals surface area contributed by atoms with Crippen molar-refractivity contribution in [3.05, 3.63) is 29.3 Å². The number of carbonyl (C=O) groups excluding carboxylic acids is 1. The van der Waals surface area contributed by atoms with Gasteiger partial charge in [-0.25, -0.2) is 4.79 Å². The van der Waals surface area contributed by atoms with Crippen LogP contribution in [-0.2, 0) is 0 Å². The minimum atomic E-state index is -0.0505. The zero-order valence-electron chi connectivity index (χ0n) is 12.5. The Bertz CT molecular complexity index is 552. The summed E-state index contributed by atoms with van der Waals surface area (Å²) in [5.74, 6) is 5.91. The molecule has 112 valence electrons. The monoisotopic (exact) mass is 286 g/mol. The Balaban J connectivity index is 2.12. The third kappa shape index (κ3) is 4.51. The molecule has 4 nitrogen and oxygen atoms in total. The van der Waals surface area contributed by atoms with Gasteiger partial charge in [0.25, 0.3) is 0 Å². The molecule has 1 heterocycles. The molecule has 1 aromatic carbocycles. The van der Waals surface area contributed by atoms with Gasteiger partial charge in [0.1, 0.15) is 0 Å². The first-order chi connectivity index (χ1) is 10.2. The number of aryl methyl sites for hydroxylation is 1. The number of benzene rings is 1. The van der Waals surface area contributed by atoms with E-state index in [1.165, 1.54) is 6.42 Å². The van der Waals surface area contributed by atoms with E-state index >= 15 is 0 Å². The summed E-state index contributed by atoms with van der Waals surface area (Å²) in [4.78, 5) is 14.1. The summed E-state index contributed by atoms with van der Waals surface area (Å²) in [5, 5.41) is 11.8. The number of urea groups is 1. The van der Waals surface area contributed by atoms with E-state index in [2.05, 4.69) is 17.2 Å². The number of nitrogens with one attached hydrogen (secondary N) is 1. The van der Waals surface area contributed by atoms with Gasteiger partial charge in [-0.15, -0.1) is 0 Å². The van der Waals surface area contributed by atoms with Gasteiger partial charge in [-0.3, -0.25) is 0 Å². The normalized spacial score (nSPS) is 14.3. The predicted octanol–water partition coefficient (Wildman–Crippen LogP) is 2.75. The molecule has 0 radical (unpaired) electrons. The number of nitrogens with zero attached hydrogens (tertiary/aromatic N) is 1. The van der Waals surface area contributed by atoms with Crippen molar-refractivity contribution in [3.63, 3.8) is 0 Å². The SMILES string of the molecule is Cc1ccc(C#CCCO)c(NC(=O)N2CCCCC2)c1. The summed E-state index contributed by atoms with van der Waals surface area (Å²) < 4.78 is 0. The maximum Gasteiger partial charge on any atom is 0.321 e. The Kier molecular flexibility index (Phi) is 5.65. The van der Waals surface area contributed by atoms with E-state index in [4.69, 9.17) is 5.11 Å². The van der Waals surface area contributed by atoms with Gasteiger partial charge in [0.2, 0.25) is 0 Å². The number of rotatable bonds is 2. The minimum absolute atomic E-state index is 0.0499. The first kappa shape index (κ1) is 15.4. The van der Waals surface area contributed by atoms with Crippen molar-refractivity contribution >= 4 is 11.7 Å². The first-order valence-electron chi connectivity index (χ1n) is 7.47. The Morgan fingerprint density at radius 2 is 2.10 bits per heavy atom. The molecule has 4 heteroatoms. The number of hydrogen-bond donors (Lipinski definition) is 2. The van der Waals surface area contributed by atoms with Gasteiger partial charge in [0, 0.05) is 25.1 Å². The Morgan fingerprint density at radius 3 is 2.81 bits per heavy atom. The smallest absolute Gasteiger partial charge is 0.321 e. The zero-order chi connectivity index (χ0) is 15.1. The lowest BCUT2D eigenvalue weighted by Gasteiger charge is -2.27. The number of aliphatic hydroxyl groups excluding tert-OH is 1. The molecule has 0 aliphatic carbocycles. The Labute approximate surface area is 126 Å². The zero-order valence-corrected chi connectivity index (χ0v) is 12.5. The number of aliphatic hydroxyl groups is 1. The molecule has 2 amide bonds. The largest absolute Gasteiger partial charge is 0.395 e. The molecule has 1 aliphatic heterocycles. The number of likely N-dealkylation sites (tertiary alicyclic amines) is 1. The molecule has 0 saturated carbocycles. The molecular weight excluding hydrogens is 264 g/mol. The van der Waals surface area contributed by atoms with Crippen LogP contribution >= 0.6 is 0 Å². The highest BCUT2D eigenvalue weighted by atomic mass is 16.2. The van der Waals surface area contributed by atoms with Crippen LogP contribution in [0.4, 0.5) is 10.5 Å². The molecule has 0 aromatic heterocycles. The van der Waals surface area contributed by atoms with Gasteiger partial charge in [-0.1, -0.05) is 17.9 Å². The second kappa shape index (κ2) is 7.70. The number of piperidine rings is 1. The van der Waals surface area contributed by atoms with Crippen LogP contribution < -0.4 is 5.32 Å². The van der Waals surface area contributed by atoms with Gasteiger partial charge < -0.3 is 15.3 Å². The summed E-state index contributed by atoms with van der Waals surface area (Å²) in [5.41, 5.74) is 2.62. The molecule has 1 fully saturated rings. The number of carbonyl (C=O) groups is 1. The van der Waals surface area contributed by atoms with Crippen LogP contribution in [0.2, 0.25) is 0 Å². The lowest BCUT2D eigenvalue weighted by Crippen LogP contribution is -2.38. The highest BCUT2D eigenvalue weighted by Gasteiger charge is 2.17. The molecule has 1 aromatic rings. The van der Waals surface area contributed by atoms with Gasteiger partial charge in [0.15, 0.2) is 0 Å². The summed E-state index contributed by atoms with van der Waals surface area (Å²) >= 11 is 0. The quantitative estimate of drug-likeness (QED) is 0.821. The van der Waals surface area contributed by atoms with Gasteiger partial charge in [-0.05, 0) is 43.9 Å². The highest BCUT2D eigenvalue weighted by Crippen LogP contribution is 2.18. The van der Waals surface area contributed by atoms with E-state index in [0.29, 0.717) is 6.42 Å². The summed E-state index contributed by atoms with van der Waals surface area (Å²) in [6, 6.07) is 5.76. The highest BCUT2D eigenvalue weighted by molar-refractivity contribution is 5.91. The van der Waals surface area contributed by atoms with E-state index in [0.717, 1.165) is 42.7 Å². The third-order valence-electron chi connectivity index (χ3n) is 3.52. The standard InChI is InChI=1S/C17H22N2O2/c1-14-8-9-15(7-3-6-12-20)16(13-14)18-17(21)19-10-4-2-5-11-19/h8-9,13,20H,2,4-6,10-12H2,1H3,(H,18,21). The molecule has 1 saturated heterocycles. The maximum absolute atomic E-state index is 12.3. The fraction of sp³-hybridized carbons (Fsp3) is 0.471. The van der Waals surface area contributed by atoms with Crippen molar-refractivity contribution in [3.8, 4) is 11.8 Å². The van der Waals surface area contributed by atoms with Crippen molar-refractivity contribution in [1.82, 2.24) is 4.90 Å². The average Bonchev–Trinajstić information content (AvgIpc) is 2.50. The van der Waals surface area contributed by atoms with Crippen LogP contribution in [0.15, 0.2) is 18.2 Å². The van der Waals surface area contributed by atoms with Crippen LogP contribution in [0.5, 0.6) is 0 Å². The minimum Gasteiger partial charge on any atom is -0.395 e. The van der Waals surface area contributed by atoms with Gasteiger partial charge >= 0.3 is 6.03 Å². The fourth-order valence-electron chi connectivity index (χ4n) is 2.38. The molecule has 0 bridgehead atoms. The van der Waals surface area contributed by atoms with Crippen molar-refractivity contribution < 1.29 is 9.90 Å². The summed E-state index contributed by atoms with van der Waals surface area (Å²) in [6.07, 6.45) is 3.79. The van der Waals surface area contributed by atoms with E-state index in [1.807, 2.05) is 30.0 Å². The third-order valence-corrected chi connectivity index (χ3v) is 3.52. The van der Waals surface area contributed by atoms with Crippen molar-refractivity contribution in [2.24, 2.45) is 0 Å². The summed E-state index contributed by atoms with van der Waals surface area (Å²) in [7, 11) is 0. The number of anilines is 1. The topological polar surface area (TPSA) is 52.6 Å². The van der Waals surface area contributed by atoms with Crippen molar-refractivity contribution in [2.45, 2.75) is 32.6 Å². The second-order valence-corrected chi connectivity index (χ2v) is 5.30. The Hall–Kier alpha value is -1.99. The van der Waals surface area contributed by atoms with E-state index in [1.54, 1.807) is 0 Å². The molecule has 1 aliphatic rings. The molecule has 2 N–H and O–H groups in total. The van der Waals surface area contributed by atoms with Crippen molar-refractivity contribution in [1.29, 1.82) is 0 Å². The van der Waals surface area contributed by atoms with Gasteiger partial charge in [0.05, 0.1) is 12.3 Å². The van der Waals surface area contributed by atoms with Crippen LogP contribution in [0, 0.1) is 18.8 Å². The molecule has 2 rings (SSSR count). The molecular formula is C17H22N2O2. The number of hydrogen-bond acceptors (Lipinski definition) is 2. The molecule has 21 heavy (non-hydrogen) atoms. The lowest BCUT2D eigenvalue weighted by molar-refractivity contribution is 0.200. The summed E-state index contributed by atoms with van der Waals surface area (Å²) in [6.45, 7) is 3.68. The second-order valence-electron chi connectivity index (χ2n) is 5.30. The fourth-order valence-corrected chi connectivity index (χ4v) is 2.38. The molecule has 0 spiro atoms. The van der Waals surface area contributed by atoms with Crippen molar-refractivity contribution in [2.75, 3.05) is 25.0 Å². The molecule has 0 unspecified atom stereocenters. The van der Waals surface area contributed by atoms with E-state index < -0.39 is 0 Å². The molecule has 0 atom stereocenters. The van der Waals surface area contributed by atoms with Crippen LogP contribution in [0.3, 0.4) is 0 Å². The van der Waals surface area contributed by atoms with E-state index in [9.17, 15) is 4.79 Å². The van der Waals surface area contributed by atoms with Crippen LogP contribution in [0.1, 0.15) is 36.8 Å². The van der Waals surface area contributed by atoms with Crippen LogP contribution in [0.25, 0.3) is 0 Å².